The Kier molecular flexibility index (Phi) is 7.51. The van der Waals surface area contributed by atoms with Crippen molar-refractivity contribution >= 4 is 34.9 Å². The number of nitrogens with two attached hydrogens (primary N) is 1. The van der Waals surface area contributed by atoms with Gasteiger partial charge < -0.3 is 25.8 Å². The number of hydrogen-bond acceptors (Lipinski definition) is 7. The number of primary amides is 1. The fourth-order valence-electron chi connectivity index (χ4n) is 2.38. The number of aromatic nitrogens is 2. The number of nitriles is 1. The van der Waals surface area contributed by atoms with Crippen LogP contribution in [0.5, 0.6) is 0 Å². The maximum atomic E-state index is 9.22. The normalized spacial score (nSPS) is 12.5. The van der Waals surface area contributed by atoms with Gasteiger partial charge in [0.25, 0.3) is 5.95 Å². The van der Waals surface area contributed by atoms with E-state index in [2.05, 4.69) is 37.5 Å². The molecule has 9 nitrogen and oxygen atoms in total. The highest BCUT2D eigenvalue weighted by Crippen LogP contribution is 2.16. The lowest BCUT2D eigenvalue weighted by Crippen LogP contribution is -2.28. The van der Waals surface area contributed by atoms with E-state index in [9.17, 15) is 4.79 Å². The van der Waals surface area contributed by atoms with Gasteiger partial charge in [-0.15, -0.1) is 0 Å². The minimum Gasteiger partial charge on any atom is -0.370 e. The van der Waals surface area contributed by atoms with Crippen LogP contribution in [0.4, 0.5) is 11.6 Å². The van der Waals surface area contributed by atoms with Crippen molar-refractivity contribution in [2.75, 3.05) is 23.3 Å². The maximum Gasteiger partial charge on any atom is 0.266 e. The van der Waals surface area contributed by atoms with Crippen molar-refractivity contribution in [3.05, 3.63) is 35.7 Å². The molecule has 0 spiro atoms. The lowest BCUT2D eigenvalue weighted by atomic mass is 10.2. The van der Waals surface area contributed by atoms with Crippen LogP contribution in [0.15, 0.2) is 28.8 Å². The van der Waals surface area contributed by atoms with Crippen molar-refractivity contribution in [2.24, 2.45) is 5.73 Å². The molecule has 0 radical (unpaired) electrons. The number of carbonyl (C=O) groups excluding carboxylic acids is 1. The summed E-state index contributed by atoms with van der Waals surface area (Å²) in [5, 5.41) is 19.4. The summed E-state index contributed by atoms with van der Waals surface area (Å²) in [6.45, 7) is 3.58. The van der Waals surface area contributed by atoms with Crippen molar-refractivity contribution in [1.29, 1.82) is 5.26 Å². The smallest absolute Gasteiger partial charge is 0.266 e. The number of para-hydroxylation sites is 1. The van der Waals surface area contributed by atoms with E-state index in [-0.39, 0.29) is 5.91 Å². The van der Waals surface area contributed by atoms with Crippen molar-refractivity contribution < 1.29 is 9.32 Å². The molecule has 142 valence electrons. The summed E-state index contributed by atoms with van der Waals surface area (Å²) in [4.78, 5) is 15.7. The van der Waals surface area contributed by atoms with Crippen molar-refractivity contribution in [2.45, 2.75) is 26.3 Å². The number of rotatable bonds is 4. The van der Waals surface area contributed by atoms with Gasteiger partial charge in [0.1, 0.15) is 6.07 Å². The van der Waals surface area contributed by atoms with Gasteiger partial charge in [-0.3, -0.25) is 4.79 Å². The Morgan fingerprint density at radius 1 is 1.41 bits per heavy atom. The molecular formula is C17H21N7O2S. The molecule has 3 rings (SSSR count). The van der Waals surface area contributed by atoms with Gasteiger partial charge in [0.05, 0.1) is 17.8 Å². The van der Waals surface area contributed by atoms with Gasteiger partial charge in [0.15, 0.2) is 5.11 Å². The molecule has 0 aliphatic carbocycles. The number of carbonyl (C=O) groups is 1. The zero-order valence-corrected chi connectivity index (χ0v) is 15.8. The fourth-order valence-corrected chi connectivity index (χ4v) is 2.56. The summed E-state index contributed by atoms with van der Waals surface area (Å²) in [6.07, 6.45) is 2.32. The molecule has 1 saturated heterocycles. The minimum absolute atomic E-state index is 0.333. The molecule has 2 heterocycles. The van der Waals surface area contributed by atoms with Crippen LogP contribution >= 0.6 is 12.2 Å². The summed E-state index contributed by atoms with van der Waals surface area (Å²) in [6, 6.07) is 9.28. The predicted molar refractivity (Wildman–Crippen MR) is 105 cm³/mol. The maximum absolute atomic E-state index is 9.22. The second kappa shape index (κ2) is 10.1. The van der Waals surface area contributed by atoms with Gasteiger partial charge in [0, 0.05) is 20.0 Å². The highest BCUT2D eigenvalue weighted by Gasteiger charge is 2.17. The number of hydrogen-bond donors (Lipinski definition) is 3. The SMILES string of the molecule is CC(N)=O.N#Cc1ccccc1NC(=S)NCc1nc(N2CCCC2)no1. The third-order valence-electron chi connectivity index (χ3n) is 3.54. The number of nitrogens with zero attached hydrogens (tertiary/aromatic N) is 4. The van der Waals surface area contributed by atoms with Gasteiger partial charge >= 0.3 is 0 Å². The van der Waals surface area contributed by atoms with Crippen molar-refractivity contribution in [3.8, 4) is 6.07 Å². The molecule has 1 aromatic carbocycles. The highest BCUT2D eigenvalue weighted by atomic mass is 32.1. The predicted octanol–water partition coefficient (Wildman–Crippen LogP) is 1.52. The van der Waals surface area contributed by atoms with Gasteiger partial charge in [-0.2, -0.15) is 10.2 Å². The molecule has 1 aliphatic rings. The van der Waals surface area contributed by atoms with Crippen LogP contribution in [0, 0.1) is 11.3 Å². The molecule has 1 aliphatic heterocycles. The summed E-state index contributed by atoms with van der Waals surface area (Å²) >= 11 is 5.22. The molecule has 0 saturated carbocycles. The zero-order valence-electron chi connectivity index (χ0n) is 14.9. The lowest BCUT2D eigenvalue weighted by Gasteiger charge is -2.10. The Morgan fingerprint density at radius 3 is 2.74 bits per heavy atom. The quantitative estimate of drug-likeness (QED) is 0.668. The number of amides is 1. The van der Waals surface area contributed by atoms with E-state index in [4.69, 9.17) is 22.0 Å². The van der Waals surface area contributed by atoms with Gasteiger partial charge in [-0.1, -0.05) is 12.1 Å². The minimum atomic E-state index is -0.333. The van der Waals surface area contributed by atoms with Crippen LogP contribution in [-0.2, 0) is 11.3 Å². The topological polar surface area (TPSA) is 133 Å². The molecule has 1 aromatic heterocycles. The summed E-state index contributed by atoms with van der Waals surface area (Å²) in [5.74, 6) is 0.776. The number of anilines is 2. The van der Waals surface area contributed by atoms with Crippen molar-refractivity contribution in [3.63, 3.8) is 0 Å². The van der Waals surface area contributed by atoms with E-state index in [1.54, 1.807) is 18.2 Å². The number of nitrogens with one attached hydrogen (secondary N) is 2. The third-order valence-corrected chi connectivity index (χ3v) is 3.79. The second-order valence-corrected chi connectivity index (χ2v) is 6.17. The molecule has 2 aromatic rings. The van der Waals surface area contributed by atoms with Crippen LogP contribution in [0.25, 0.3) is 0 Å². The Balaban J connectivity index is 0.000000596. The Labute approximate surface area is 162 Å². The van der Waals surface area contributed by atoms with Crippen LogP contribution in [0.3, 0.4) is 0 Å². The van der Waals surface area contributed by atoms with E-state index in [1.807, 2.05) is 6.07 Å². The number of benzene rings is 1. The molecule has 1 fully saturated rings. The highest BCUT2D eigenvalue weighted by molar-refractivity contribution is 7.80. The Morgan fingerprint density at radius 2 is 2.07 bits per heavy atom. The van der Waals surface area contributed by atoms with Gasteiger partial charge in [-0.05, 0) is 42.3 Å². The van der Waals surface area contributed by atoms with E-state index in [0.29, 0.717) is 34.7 Å². The monoisotopic (exact) mass is 387 g/mol. The Bertz CT molecular complexity index is 821. The first-order valence-corrected chi connectivity index (χ1v) is 8.78. The summed E-state index contributed by atoms with van der Waals surface area (Å²) in [5.41, 5.74) is 5.67. The molecule has 10 heteroatoms. The molecule has 0 bridgehead atoms. The van der Waals surface area contributed by atoms with Gasteiger partial charge in [0.2, 0.25) is 11.8 Å². The third kappa shape index (κ3) is 6.56. The standard InChI is InChI=1S/C15H16N6OS.C2H5NO/c16-9-11-5-1-2-6-12(11)18-15(23)17-10-13-19-14(20-22-13)21-7-3-4-8-21;1-2(3)4/h1-2,5-6H,3-4,7-8,10H2,(H2,17,18,23);1H3,(H2,3,4). The van der Waals surface area contributed by atoms with Crippen molar-refractivity contribution in [1.82, 2.24) is 15.5 Å². The fraction of sp³-hybridized carbons (Fsp3) is 0.353. The molecule has 0 unspecified atom stereocenters. The van der Waals surface area contributed by atoms with Crippen LogP contribution in [0.1, 0.15) is 31.2 Å². The van der Waals surface area contributed by atoms with E-state index in [0.717, 1.165) is 25.9 Å². The van der Waals surface area contributed by atoms with E-state index in [1.165, 1.54) is 6.92 Å². The van der Waals surface area contributed by atoms with E-state index < -0.39 is 0 Å². The average Bonchev–Trinajstić information content (AvgIpc) is 3.31. The molecule has 0 atom stereocenters. The molecule has 4 N–H and O–H groups in total. The summed E-state index contributed by atoms with van der Waals surface area (Å²) in [7, 11) is 0. The van der Waals surface area contributed by atoms with Crippen LogP contribution < -0.4 is 21.3 Å². The van der Waals surface area contributed by atoms with Crippen LogP contribution in [0.2, 0.25) is 0 Å². The Hall–Kier alpha value is -3.19. The first-order chi connectivity index (χ1) is 13.0. The lowest BCUT2D eigenvalue weighted by molar-refractivity contribution is -0.115. The van der Waals surface area contributed by atoms with Crippen LogP contribution in [-0.4, -0.2) is 34.2 Å². The van der Waals surface area contributed by atoms with E-state index >= 15 is 0 Å². The summed E-state index contributed by atoms with van der Waals surface area (Å²) < 4.78 is 5.22. The average molecular weight is 387 g/mol. The first kappa shape index (κ1) is 20.1. The van der Waals surface area contributed by atoms with Gasteiger partial charge in [-0.25, -0.2) is 0 Å². The molecular weight excluding hydrogens is 366 g/mol. The largest absolute Gasteiger partial charge is 0.370 e. The zero-order chi connectivity index (χ0) is 19.6. The molecule has 27 heavy (non-hydrogen) atoms. The second-order valence-electron chi connectivity index (χ2n) is 5.76. The molecule has 1 amide bonds. The first-order valence-electron chi connectivity index (χ1n) is 8.37. The number of thiocarbonyl (C=S) groups is 1.